The Morgan fingerprint density at radius 2 is 2.20 bits per heavy atom. The van der Waals surface area contributed by atoms with Crippen molar-refractivity contribution >= 4 is 21.8 Å². The number of amides is 1. The number of ether oxygens (including phenoxy) is 1. The maximum Gasteiger partial charge on any atom is 0.256 e. The Balaban J connectivity index is 2.21. The van der Waals surface area contributed by atoms with Gasteiger partial charge in [-0.05, 0) is 30.3 Å². The smallest absolute Gasteiger partial charge is 0.256 e. The van der Waals surface area contributed by atoms with Crippen LogP contribution >= 0.6 is 15.9 Å². The van der Waals surface area contributed by atoms with E-state index in [9.17, 15) is 4.79 Å². The van der Waals surface area contributed by atoms with Gasteiger partial charge >= 0.3 is 0 Å². The number of aliphatic hydroxyl groups is 1. The number of carbonyl (C=O) groups excluding carboxylic acids is 1. The maximum absolute atomic E-state index is 11.9. The van der Waals surface area contributed by atoms with Crippen molar-refractivity contribution in [2.45, 2.75) is 0 Å². The zero-order valence-corrected chi connectivity index (χ0v) is 12.1. The third-order valence-corrected chi connectivity index (χ3v) is 2.92. The summed E-state index contributed by atoms with van der Waals surface area (Å²) in [7, 11) is 0. The summed E-state index contributed by atoms with van der Waals surface area (Å²) in [6.45, 7) is 0.0673. The first-order valence-electron chi connectivity index (χ1n) is 5.98. The van der Waals surface area contributed by atoms with Crippen LogP contribution in [0.1, 0.15) is 10.4 Å². The Morgan fingerprint density at radius 1 is 1.35 bits per heavy atom. The van der Waals surface area contributed by atoms with Crippen molar-refractivity contribution in [2.24, 2.45) is 0 Å². The molecule has 0 aliphatic carbocycles. The lowest BCUT2D eigenvalue weighted by molar-refractivity contribution is 0.0942. The van der Waals surface area contributed by atoms with Crippen molar-refractivity contribution in [1.29, 1.82) is 0 Å². The number of nitrogens with one attached hydrogen (secondary N) is 1. The average molecular weight is 337 g/mol. The predicted octanol–water partition coefficient (Wildman–Crippen LogP) is 2.36. The van der Waals surface area contributed by atoms with Gasteiger partial charge in [-0.25, -0.2) is 4.98 Å². The first-order valence-corrected chi connectivity index (χ1v) is 6.77. The van der Waals surface area contributed by atoms with Gasteiger partial charge in [-0.2, -0.15) is 0 Å². The molecule has 104 valence electrons. The Kier molecular flexibility index (Phi) is 5.09. The molecule has 2 aromatic rings. The van der Waals surface area contributed by atoms with E-state index >= 15 is 0 Å². The molecular weight excluding hydrogens is 324 g/mol. The van der Waals surface area contributed by atoms with Crippen molar-refractivity contribution < 1.29 is 14.6 Å². The fourth-order valence-corrected chi connectivity index (χ4v) is 1.93. The van der Waals surface area contributed by atoms with Gasteiger partial charge in [0.05, 0.1) is 6.61 Å². The molecule has 0 bridgehead atoms. The molecule has 20 heavy (non-hydrogen) atoms. The Hall–Kier alpha value is -1.92. The second-order valence-electron chi connectivity index (χ2n) is 3.90. The number of halogens is 1. The van der Waals surface area contributed by atoms with E-state index < -0.39 is 0 Å². The molecule has 2 rings (SSSR count). The molecule has 0 aliphatic rings. The van der Waals surface area contributed by atoms with Gasteiger partial charge in [0.15, 0.2) is 0 Å². The molecule has 2 N–H and O–H groups in total. The number of carbonyl (C=O) groups is 1. The quantitative estimate of drug-likeness (QED) is 0.879. The fraction of sp³-hybridized carbons (Fsp3) is 0.143. The largest absolute Gasteiger partial charge is 0.438 e. The van der Waals surface area contributed by atoms with Gasteiger partial charge in [0.2, 0.25) is 5.88 Å². The number of aromatic nitrogens is 1. The Bertz CT molecular complexity index is 604. The van der Waals surface area contributed by atoms with E-state index in [0.29, 0.717) is 11.3 Å². The number of hydrogen-bond donors (Lipinski definition) is 2. The van der Waals surface area contributed by atoms with Crippen LogP contribution in [0.5, 0.6) is 11.6 Å². The molecule has 0 atom stereocenters. The zero-order valence-electron chi connectivity index (χ0n) is 10.5. The summed E-state index contributed by atoms with van der Waals surface area (Å²) in [5, 5.41) is 11.3. The minimum atomic E-state index is -0.336. The van der Waals surface area contributed by atoms with Crippen LogP contribution in [0, 0.1) is 0 Å². The van der Waals surface area contributed by atoms with Crippen molar-refractivity contribution in [1.82, 2.24) is 10.3 Å². The van der Waals surface area contributed by atoms with Gasteiger partial charge in [0.25, 0.3) is 5.91 Å². The van der Waals surface area contributed by atoms with Crippen LogP contribution in [0.3, 0.4) is 0 Å². The molecule has 0 aliphatic heterocycles. The lowest BCUT2D eigenvalue weighted by atomic mass is 10.2. The van der Waals surface area contributed by atoms with Crippen LogP contribution in [-0.4, -0.2) is 29.1 Å². The summed E-state index contributed by atoms with van der Waals surface area (Å²) in [5.74, 6) is 0.465. The first-order chi connectivity index (χ1) is 9.70. The summed E-state index contributed by atoms with van der Waals surface area (Å²) in [5.41, 5.74) is 0.320. The van der Waals surface area contributed by atoms with Crippen molar-refractivity contribution in [3.05, 3.63) is 52.6 Å². The molecular formula is C14H13BrN2O3. The summed E-state index contributed by atoms with van der Waals surface area (Å²) < 4.78 is 6.50. The van der Waals surface area contributed by atoms with E-state index in [1.54, 1.807) is 30.5 Å². The van der Waals surface area contributed by atoms with Crippen LogP contribution in [0.4, 0.5) is 0 Å². The highest BCUT2D eigenvalue weighted by Crippen LogP contribution is 2.25. The molecule has 0 radical (unpaired) electrons. The monoisotopic (exact) mass is 336 g/mol. The summed E-state index contributed by atoms with van der Waals surface area (Å²) in [6, 6.07) is 10.5. The van der Waals surface area contributed by atoms with Crippen molar-refractivity contribution in [2.75, 3.05) is 13.2 Å². The average Bonchev–Trinajstić information content (AvgIpc) is 2.45. The number of aliphatic hydroxyl groups excluding tert-OH is 1. The Morgan fingerprint density at radius 3 is 2.95 bits per heavy atom. The van der Waals surface area contributed by atoms with Gasteiger partial charge in [-0.1, -0.05) is 22.0 Å². The molecule has 0 saturated carbocycles. The van der Waals surface area contributed by atoms with E-state index in [-0.39, 0.29) is 24.9 Å². The van der Waals surface area contributed by atoms with Crippen LogP contribution < -0.4 is 10.1 Å². The lowest BCUT2D eigenvalue weighted by Crippen LogP contribution is -2.26. The molecule has 0 fully saturated rings. The summed E-state index contributed by atoms with van der Waals surface area (Å²) in [4.78, 5) is 16.0. The van der Waals surface area contributed by atoms with E-state index in [4.69, 9.17) is 9.84 Å². The van der Waals surface area contributed by atoms with Crippen LogP contribution in [0.25, 0.3) is 0 Å². The molecule has 1 heterocycles. The Labute approximate surface area is 124 Å². The number of pyridine rings is 1. The van der Waals surface area contributed by atoms with Gasteiger partial charge in [0.1, 0.15) is 11.3 Å². The molecule has 1 aromatic heterocycles. The number of rotatable bonds is 5. The SMILES string of the molecule is O=C(NCCO)c1cccnc1Oc1cccc(Br)c1. The van der Waals surface area contributed by atoms with E-state index in [1.165, 1.54) is 0 Å². The van der Waals surface area contributed by atoms with Crippen molar-refractivity contribution in [3.8, 4) is 11.6 Å². The summed E-state index contributed by atoms with van der Waals surface area (Å²) in [6.07, 6.45) is 1.55. The molecule has 0 saturated heterocycles. The maximum atomic E-state index is 11.9. The predicted molar refractivity (Wildman–Crippen MR) is 77.9 cm³/mol. The highest BCUT2D eigenvalue weighted by Gasteiger charge is 2.13. The minimum absolute atomic E-state index is 0.117. The third kappa shape index (κ3) is 3.79. The first kappa shape index (κ1) is 14.5. The number of benzene rings is 1. The molecule has 1 amide bonds. The van der Waals surface area contributed by atoms with Gasteiger partial charge in [0, 0.05) is 17.2 Å². The number of nitrogens with zero attached hydrogens (tertiary/aromatic N) is 1. The molecule has 0 spiro atoms. The van der Waals surface area contributed by atoms with Crippen LogP contribution in [-0.2, 0) is 0 Å². The molecule has 6 heteroatoms. The van der Waals surface area contributed by atoms with Gasteiger partial charge in [-0.3, -0.25) is 4.79 Å². The molecule has 5 nitrogen and oxygen atoms in total. The van der Waals surface area contributed by atoms with Crippen LogP contribution in [0.15, 0.2) is 47.1 Å². The lowest BCUT2D eigenvalue weighted by Gasteiger charge is -2.10. The standard InChI is InChI=1S/C14H13BrN2O3/c15-10-3-1-4-11(9-10)20-14-12(5-2-6-17-14)13(19)16-7-8-18/h1-6,9,18H,7-8H2,(H,16,19). The topological polar surface area (TPSA) is 71.5 Å². The third-order valence-electron chi connectivity index (χ3n) is 2.42. The second kappa shape index (κ2) is 7.02. The van der Waals surface area contributed by atoms with Gasteiger partial charge in [-0.15, -0.1) is 0 Å². The van der Waals surface area contributed by atoms with Crippen molar-refractivity contribution in [3.63, 3.8) is 0 Å². The van der Waals surface area contributed by atoms with Gasteiger partial charge < -0.3 is 15.2 Å². The summed E-state index contributed by atoms with van der Waals surface area (Å²) >= 11 is 3.35. The fourth-order valence-electron chi connectivity index (χ4n) is 1.55. The van der Waals surface area contributed by atoms with E-state index in [0.717, 1.165) is 4.47 Å². The van der Waals surface area contributed by atoms with Crippen LogP contribution in [0.2, 0.25) is 0 Å². The highest BCUT2D eigenvalue weighted by atomic mass is 79.9. The normalized spacial score (nSPS) is 10.1. The van der Waals surface area contributed by atoms with E-state index in [2.05, 4.69) is 26.2 Å². The minimum Gasteiger partial charge on any atom is -0.438 e. The molecule has 1 aromatic carbocycles. The van der Waals surface area contributed by atoms with E-state index in [1.807, 2.05) is 12.1 Å². The zero-order chi connectivity index (χ0) is 14.4. The molecule has 0 unspecified atom stereocenters. The number of hydrogen-bond acceptors (Lipinski definition) is 4. The second-order valence-corrected chi connectivity index (χ2v) is 4.81. The highest BCUT2D eigenvalue weighted by molar-refractivity contribution is 9.10.